The fourth-order valence-electron chi connectivity index (χ4n) is 3.56. The Morgan fingerprint density at radius 2 is 2.08 bits per heavy atom. The Morgan fingerprint density at radius 1 is 1.32 bits per heavy atom. The summed E-state index contributed by atoms with van der Waals surface area (Å²) in [6.07, 6.45) is 2.26. The Bertz CT molecular complexity index is 893. The number of fused-ring (bicyclic) bond motifs is 3. The molecule has 1 aliphatic heterocycles. The van der Waals surface area contributed by atoms with Crippen LogP contribution < -0.4 is 10.6 Å². The molecule has 1 aliphatic carbocycles. The number of nitrogens with zero attached hydrogens (tertiary/aromatic N) is 1. The van der Waals surface area contributed by atoms with Gasteiger partial charge in [-0.05, 0) is 43.6 Å². The van der Waals surface area contributed by atoms with Crippen LogP contribution in [-0.2, 0) is 4.79 Å². The third-order valence-corrected chi connectivity index (χ3v) is 6.54. The average molecular weight is 394 g/mol. The van der Waals surface area contributed by atoms with Gasteiger partial charge in [0.1, 0.15) is 10.7 Å². The summed E-state index contributed by atoms with van der Waals surface area (Å²) in [6.45, 7) is 0. The van der Waals surface area contributed by atoms with Crippen LogP contribution in [-0.4, -0.2) is 21.8 Å². The topological polar surface area (TPSA) is 63.1 Å². The van der Waals surface area contributed by atoms with E-state index >= 15 is 0 Å². The fraction of sp³-hybridized carbons (Fsp3) is 0.353. The number of hydrogen-bond donors (Lipinski definition) is 2. The lowest BCUT2D eigenvalue weighted by Gasteiger charge is -2.38. The van der Waals surface area contributed by atoms with Gasteiger partial charge in [-0.2, -0.15) is 0 Å². The molecule has 4 rings (SSSR count). The number of thiazole rings is 1. The molecule has 2 aliphatic rings. The summed E-state index contributed by atoms with van der Waals surface area (Å²) in [5, 5.41) is 5.78. The molecule has 0 saturated heterocycles. The minimum Gasteiger partial charge on any atom is -0.321 e. The number of anilines is 2. The van der Waals surface area contributed by atoms with Crippen molar-refractivity contribution in [2.75, 3.05) is 10.6 Å². The zero-order valence-corrected chi connectivity index (χ0v) is 15.6. The van der Waals surface area contributed by atoms with Crippen LogP contribution in [0.5, 0.6) is 0 Å². The Kier molecular flexibility index (Phi) is 4.39. The van der Waals surface area contributed by atoms with Crippen molar-refractivity contribution >= 4 is 58.5 Å². The van der Waals surface area contributed by atoms with E-state index in [1.54, 1.807) is 0 Å². The van der Waals surface area contributed by atoms with Gasteiger partial charge >= 0.3 is 0 Å². The first kappa shape index (κ1) is 16.8. The number of amides is 2. The second-order valence-electron chi connectivity index (χ2n) is 6.31. The Balaban J connectivity index is 1.71. The molecule has 25 heavy (non-hydrogen) atoms. The molecular formula is C17H16ClN3O2S2. The number of carbonyl (C=O) groups is 2. The first-order valence-electron chi connectivity index (χ1n) is 8.11. The predicted octanol–water partition coefficient (Wildman–Crippen LogP) is 4.43. The highest BCUT2D eigenvalue weighted by Crippen LogP contribution is 2.44. The van der Waals surface area contributed by atoms with E-state index in [2.05, 4.69) is 10.6 Å². The highest BCUT2D eigenvalue weighted by atomic mass is 35.5. The third kappa shape index (κ3) is 3.01. The number of nitrogens with one attached hydrogen (secondary N) is 2. The van der Waals surface area contributed by atoms with Gasteiger partial charge < -0.3 is 15.2 Å². The summed E-state index contributed by atoms with van der Waals surface area (Å²) in [5.41, 5.74) is 0.698. The summed E-state index contributed by atoms with van der Waals surface area (Å²) < 4.78 is 2.51. The van der Waals surface area contributed by atoms with Crippen LogP contribution in [0.4, 0.5) is 11.5 Å². The summed E-state index contributed by atoms with van der Waals surface area (Å²) >= 11 is 13.0. The molecule has 2 aromatic rings. The van der Waals surface area contributed by atoms with Crippen LogP contribution in [0.1, 0.15) is 35.0 Å². The van der Waals surface area contributed by atoms with Gasteiger partial charge in [0.2, 0.25) is 5.91 Å². The second kappa shape index (κ2) is 6.55. The van der Waals surface area contributed by atoms with Crippen LogP contribution >= 0.6 is 35.2 Å². The number of halogens is 1. The summed E-state index contributed by atoms with van der Waals surface area (Å²) in [7, 11) is 0. The molecule has 1 aromatic heterocycles. The number of rotatable bonds is 2. The molecule has 0 radical (unpaired) electrons. The number of para-hydroxylation sites is 1. The monoisotopic (exact) mass is 393 g/mol. The fourth-order valence-corrected chi connectivity index (χ4v) is 5.24. The smallest absolute Gasteiger partial charge is 0.269 e. The van der Waals surface area contributed by atoms with E-state index in [1.165, 1.54) is 11.3 Å². The lowest BCUT2D eigenvalue weighted by Crippen LogP contribution is -2.41. The Morgan fingerprint density at radius 3 is 2.84 bits per heavy atom. The number of carbonyl (C=O) groups excluding carboxylic acids is 2. The molecule has 2 heterocycles. The van der Waals surface area contributed by atoms with Gasteiger partial charge in [0, 0.05) is 11.1 Å². The molecule has 5 nitrogen and oxygen atoms in total. The van der Waals surface area contributed by atoms with Crippen LogP contribution in [0, 0.1) is 9.87 Å². The van der Waals surface area contributed by atoms with Crippen molar-refractivity contribution < 1.29 is 9.59 Å². The van der Waals surface area contributed by atoms with Crippen molar-refractivity contribution in [3.8, 4) is 0 Å². The van der Waals surface area contributed by atoms with Gasteiger partial charge in [0.05, 0.1) is 12.0 Å². The van der Waals surface area contributed by atoms with Crippen LogP contribution in [0.25, 0.3) is 0 Å². The number of aromatic nitrogens is 1. The largest absolute Gasteiger partial charge is 0.321 e. The molecule has 2 N–H and O–H groups in total. The highest BCUT2D eigenvalue weighted by molar-refractivity contribution is 7.73. The van der Waals surface area contributed by atoms with E-state index in [0.29, 0.717) is 26.8 Å². The van der Waals surface area contributed by atoms with Gasteiger partial charge in [-0.1, -0.05) is 29.5 Å². The first-order chi connectivity index (χ1) is 12.0. The van der Waals surface area contributed by atoms with E-state index in [-0.39, 0.29) is 29.2 Å². The Labute approximate surface area is 159 Å². The van der Waals surface area contributed by atoms with E-state index in [1.807, 2.05) is 34.9 Å². The van der Waals surface area contributed by atoms with E-state index in [0.717, 1.165) is 12.8 Å². The zero-order valence-electron chi connectivity index (χ0n) is 13.2. The molecule has 3 unspecified atom stereocenters. The minimum atomic E-state index is -0.270. The maximum atomic E-state index is 12.7. The Hall–Kier alpha value is -1.70. The van der Waals surface area contributed by atoms with Crippen molar-refractivity contribution in [3.63, 3.8) is 0 Å². The van der Waals surface area contributed by atoms with E-state index in [9.17, 15) is 9.59 Å². The molecular weight excluding hydrogens is 378 g/mol. The normalized spacial score (nSPS) is 24.8. The van der Waals surface area contributed by atoms with E-state index in [4.69, 9.17) is 23.8 Å². The quantitative estimate of drug-likeness (QED) is 0.586. The summed E-state index contributed by atoms with van der Waals surface area (Å²) in [6, 6.07) is 9.14. The highest BCUT2D eigenvalue weighted by Gasteiger charge is 2.42. The predicted molar refractivity (Wildman–Crippen MR) is 102 cm³/mol. The van der Waals surface area contributed by atoms with E-state index < -0.39 is 0 Å². The minimum absolute atomic E-state index is 0.0309. The second-order valence-corrected chi connectivity index (χ2v) is 8.57. The van der Waals surface area contributed by atoms with Crippen molar-refractivity contribution in [3.05, 3.63) is 39.2 Å². The molecule has 0 bridgehead atoms. The zero-order chi connectivity index (χ0) is 17.6. The van der Waals surface area contributed by atoms with Crippen molar-refractivity contribution in [2.45, 2.75) is 30.7 Å². The average Bonchev–Trinajstić information content (AvgIpc) is 2.92. The summed E-state index contributed by atoms with van der Waals surface area (Å²) in [4.78, 5) is 25.6. The van der Waals surface area contributed by atoms with Crippen LogP contribution in [0.3, 0.4) is 0 Å². The van der Waals surface area contributed by atoms with Crippen LogP contribution in [0.15, 0.2) is 30.3 Å². The molecule has 2 amide bonds. The molecule has 130 valence electrons. The molecule has 8 heteroatoms. The van der Waals surface area contributed by atoms with Crippen molar-refractivity contribution in [1.29, 1.82) is 0 Å². The maximum absolute atomic E-state index is 12.7. The molecule has 1 fully saturated rings. The number of benzene rings is 1. The maximum Gasteiger partial charge on any atom is 0.269 e. The first-order valence-corrected chi connectivity index (χ1v) is 9.77. The van der Waals surface area contributed by atoms with Gasteiger partial charge in [-0.3, -0.25) is 9.59 Å². The lowest BCUT2D eigenvalue weighted by molar-refractivity contribution is -0.123. The standard InChI is InChI=1S/C17H16ClN3O2S2/c18-9-6-7-11-12(8-9)21-14(20-15(11)22)13(25-17(21)24)16(23)19-10-4-2-1-3-5-10/h1-5,9,11-12H,6-8H2,(H,19,23)(H,20,22). The van der Waals surface area contributed by atoms with Crippen molar-refractivity contribution in [1.82, 2.24) is 4.57 Å². The van der Waals surface area contributed by atoms with Crippen molar-refractivity contribution in [2.24, 2.45) is 5.92 Å². The van der Waals surface area contributed by atoms with Gasteiger partial charge in [0.15, 0.2) is 3.95 Å². The van der Waals surface area contributed by atoms with Gasteiger partial charge in [0.25, 0.3) is 5.91 Å². The lowest BCUT2D eigenvalue weighted by atomic mass is 9.82. The number of alkyl halides is 1. The molecule has 1 saturated carbocycles. The SMILES string of the molecule is O=C(Nc1ccccc1)c1sc(=S)n2c1NC(=O)C1CCC(Cl)CC12. The number of hydrogen-bond acceptors (Lipinski definition) is 4. The molecule has 1 aromatic carbocycles. The van der Waals surface area contributed by atoms with Crippen LogP contribution in [0.2, 0.25) is 0 Å². The molecule has 0 spiro atoms. The van der Waals surface area contributed by atoms with Gasteiger partial charge in [-0.25, -0.2) is 0 Å². The third-order valence-electron chi connectivity index (χ3n) is 4.74. The van der Waals surface area contributed by atoms with Gasteiger partial charge in [-0.15, -0.1) is 11.6 Å². The molecule has 3 atom stereocenters. The summed E-state index contributed by atoms with van der Waals surface area (Å²) in [5.74, 6) is 0.0532.